The van der Waals surface area contributed by atoms with E-state index in [1.807, 2.05) is 10.8 Å². The topological polar surface area (TPSA) is 73.0 Å². The lowest BCUT2D eigenvalue weighted by molar-refractivity contribution is 0.352. The molecule has 108 valence electrons. The number of rotatable bonds is 4. The van der Waals surface area contributed by atoms with Crippen LogP contribution in [0.5, 0.6) is 0 Å². The predicted octanol–water partition coefficient (Wildman–Crippen LogP) is 0.470. The van der Waals surface area contributed by atoms with Gasteiger partial charge in [-0.15, -0.1) is 0 Å². The van der Waals surface area contributed by atoms with Crippen LogP contribution in [0.2, 0.25) is 0 Å². The fourth-order valence-electron chi connectivity index (χ4n) is 2.61. The number of sulfonamides is 1. The summed E-state index contributed by atoms with van der Waals surface area (Å²) in [5, 5.41) is 3.95. The first kappa shape index (κ1) is 13.3. The lowest BCUT2D eigenvalue weighted by Gasteiger charge is -2.23. The minimum absolute atomic E-state index is 0.0191. The van der Waals surface area contributed by atoms with Crippen molar-refractivity contribution in [2.75, 3.05) is 6.54 Å². The molecular weight excluding hydrogens is 278 g/mol. The molecule has 3 heterocycles. The first-order valence-corrected chi connectivity index (χ1v) is 7.97. The van der Waals surface area contributed by atoms with E-state index in [1.165, 1.54) is 10.9 Å². The van der Waals surface area contributed by atoms with E-state index in [2.05, 4.69) is 10.1 Å². The second-order valence-corrected chi connectivity index (χ2v) is 6.91. The van der Waals surface area contributed by atoms with Gasteiger partial charge < -0.3 is 4.57 Å². The van der Waals surface area contributed by atoms with Gasteiger partial charge in [-0.2, -0.15) is 9.40 Å². The molecule has 0 saturated carbocycles. The zero-order valence-electron chi connectivity index (χ0n) is 11.3. The third kappa shape index (κ3) is 2.36. The molecule has 0 amide bonds. The third-order valence-electron chi connectivity index (χ3n) is 3.59. The molecule has 0 aromatic carbocycles. The summed E-state index contributed by atoms with van der Waals surface area (Å²) in [5.74, 6) is 0. The smallest absolute Gasteiger partial charge is 0.246 e. The van der Waals surface area contributed by atoms with Gasteiger partial charge in [-0.05, 0) is 12.8 Å². The maximum Gasteiger partial charge on any atom is 0.246 e. The van der Waals surface area contributed by atoms with Gasteiger partial charge in [0.05, 0.1) is 12.5 Å². The van der Waals surface area contributed by atoms with Crippen LogP contribution in [0.15, 0.2) is 36.0 Å². The van der Waals surface area contributed by atoms with Gasteiger partial charge in [0.1, 0.15) is 4.90 Å². The molecule has 3 rings (SSSR count). The highest BCUT2D eigenvalue weighted by atomic mass is 32.2. The molecule has 7 nitrogen and oxygen atoms in total. The van der Waals surface area contributed by atoms with Crippen LogP contribution in [0.3, 0.4) is 0 Å². The van der Waals surface area contributed by atoms with E-state index in [-0.39, 0.29) is 10.9 Å². The van der Waals surface area contributed by atoms with Crippen LogP contribution in [0.1, 0.15) is 12.8 Å². The van der Waals surface area contributed by atoms with Crippen molar-refractivity contribution in [1.82, 2.24) is 23.6 Å². The van der Waals surface area contributed by atoms with Crippen molar-refractivity contribution >= 4 is 10.0 Å². The van der Waals surface area contributed by atoms with Gasteiger partial charge >= 0.3 is 0 Å². The molecule has 2 aromatic rings. The fourth-order valence-corrected chi connectivity index (χ4v) is 4.28. The molecule has 1 aliphatic rings. The lowest BCUT2D eigenvalue weighted by atomic mass is 10.2. The molecule has 0 N–H and O–H groups in total. The highest BCUT2D eigenvalue weighted by molar-refractivity contribution is 7.89. The van der Waals surface area contributed by atoms with E-state index < -0.39 is 10.0 Å². The van der Waals surface area contributed by atoms with Crippen molar-refractivity contribution in [1.29, 1.82) is 0 Å². The van der Waals surface area contributed by atoms with Gasteiger partial charge in [0.15, 0.2) is 0 Å². The minimum Gasteiger partial charge on any atom is -0.336 e. The Labute approximate surface area is 117 Å². The number of aromatic nitrogens is 4. The second kappa shape index (κ2) is 5.02. The van der Waals surface area contributed by atoms with Crippen molar-refractivity contribution in [2.24, 2.45) is 7.05 Å². The summed E-state index contributed by atoms with van der Waals surface area (Å²) in [5.41, 5.74) is 0. The van der Waals surface area contributed by atoms with Crippen molar-refractivity contribution in [3.63, 3.8) is 0 Å². The van der Waals surface area contributed by atoms with Gasteiger partial charge in [-0.1, -0.05) is 0 Å². The number of nitrogens with zero attached hydrogens (tertiary/aromatic N) is 5. The molecule has 8 heteroatoms. The molecule has 20 heavy (non-hydrogen) atoms. The summed E-state index contributed by atoms with van der Waals surface area (Å²) in [4.78, 5) is 4.26. The average molecular weight is 295 g/mol. The summed E-state index contributed by atoms with van der Waals surface area (Å²) < 4.78 is 30.3. The quantitative estimate of drug-likeness (QED) is 0.822. The number of aryl methyl sites for hydroxylation is 1. The Morgan fingerprint density at radius 1 is 1.45 bits per heavy atom. The van der Waals surface area contributed by atoms with E-state index in [0.717, 1.165) is 12.8 Å². The molecule has 0 spiro atoms. The van der Waals surface area contributed by atoms with Gasteiger partial charge in [-0.25, -0.2) is 13.4 Å². The predicted molar refractivity (Wildman–Crippen MR) is 72.3 cm³/mol. The molecule has 1 saturated heterocycles. The zero-order chi connectivity index (χ0) is 14.2. The van der Waals surface area contributed by atoms with Gasteiger partial charge in [0.25, 0.3) is 0 Å². The molecular formula is C12H17N5O2S. The molecule has 1 aliphatic heterocycles. The summed E-state index contributed by atoms with van der Waals surface area (Å²) in [7, 11) is -1.74. The summed E-state index contributed by atoms with van der Waals surface area (Å²) in [6, 6.07) is -0.0191. The van der Waals surface area contributed by atoms with Crippen molar-refractivity contribution < 1.29 is 8.42 Å². The standard InChI is InChI=1S/C12H17N5O2S/c1-15-9-12(7-14-15)20(18,19)17-5-2-3-11(17)8-16-6-4-13-10-16/h4,6-7,9-11H,2-3,5,8H2,1H3/t11-/m0/s1. The van der Waals surface area contributed by atoms with Gasteiger partial charge in [0.2, 0.25) is 10.0 Å². The van der Waals surface area contributed by atoms with Crippen LogP contribution >= 0.6 is 0 Å². The molecule has 0 aliphatic carbocycles. The van der Waals surface area contributed by atoms with Crippen molar-refractivity contribution in [2.45, 2.75) is 30.3 Å². The highest BCUT2D eigenvalue weighted by Crippen LogP contribution is 2.26. The van der Waals surface area contributed by atoms with Crippen LogP contribution in [-0.4, -0.2) is 44.6 Å². The molecule has 1 atom stereocenters. The molecule has 0 radical (unpaired) electrons. The highest BCUT2D eigenvalue weighted by Gasteiger charge is 2.35. The van der Waals surface area contributed by atoms with E-state index >= 15 is 0 Å². The van der Waals surface area contributed by atoms with Gasteiger partial charge in [0, 0.05) is 44.8 Å². The van der Waals surface area contributed by atoms with Crippen LogP contribution in [0.4, 0.5) is 0 Å². The van der Waals surface area contributed by atoms with Crippen molar-refractivity contribution in [3.05, 3.63) is 31.1 Å². The van der Waals surface area contributed by atoms with Crippen LogP contribution in [-0.2, 0) is 23.6 Å². The molecule has 0 bridgehead atoms. The van der Waals surface area contributed by atoms with Crippen LogP contribution < -0.4 is 0 Å². The zero-order valence-corrected chi connectivity index (χ0v) is 12.1. The Morgan fingerprint density at radius 2 is 2.30 bits per heavy atom. The molecule has 1 fully saturated rings. The number of imidazole rings is 1. The van der Waals surface area contributed by atoms with E-state index in [0.29, 0.717) is 13.1 Å². The Morgan fingerprint density at radius 3 is 2.95 bits per heavy atom. The summed E-state index contributed by atoms with van der Waals surface area (Å²) >= 11 is 0. The second-order valence-electron chi connectivity index (χ2n) is 5.02. The SMILES string of the molecule is Cn1cc(S(=O)(=O)N2CCC[C@H]2Cn2ccnc2)cn1. The third-order valence-corrected chi connectivity index (χ3v) is 5.50. The van der Waals surface area contributed by atoms with Crippen LogP contribution in [0, 0.1) is 0 Å². The van der Waals surface area contributed by atoms with Crippen LogP contribution in [0.25, 0.3) is 0 Å². The normalized spacial score (nSPS) is 20.6. The van der Waals surface area contributed by atoms with E-state index in [9.17, 15) is 8.42 Å². The minimum atomic E-state index is -3.45. The monoisotopic (exact) mass is 295 g/mol. The Kier molecular flexibility index (Phi) is 3.35. The van der Waals surface area contributed by atoms with E-state index in [1.54, 1.807) is 30.1 Å². The molecule has 0 unspecified atom stereocenters. The maximum atomic E-state index is 12.6. The molecule has 2 aromatic heterocycles. The Bertz CT molecular complexity index is 677. The fraction of sp³-hybridized carbons (Fsp3) is 0.500. The summed E-state index contributed by atoms with van der Waals surface area (Å²) in [6.07, 6.45) is 9.98. The Hall–Kier alpha value is -1.67. The lowest BCUT2D eigenvalue weighted by Crippen LogP contribution is -2.37. The van der Waals surface area contributed by atoms with E-state index in [4.69, 9.17) is 0 Å². The average Bonchev–Trinajstić information content (AvgIpc) is 3.10. The number of hydrogen-bond donors (Lipinski definition) is 0. The van der Waals surface area contributed by atoms with Gasteiger partial charge in [-0.3, -0.25) is 4.68 Å². The van der Waals surface area contributed by atoms with Crippen molar-refractivity contribution in [3.8, 4) is 0 Å². The maximum absolute atomic E-state index is 12.6. The first-order valence-electron chi connectivity index (χ1n) is 6.53. The Balaban J connectivity index is 1.84. The first-order chi connectivity index (χ1) is 9.57. The largest absolute Gasteiger partial charge is 0.336 e. The summed E-state index contributed by atoms with van der Waals surface area (Å²) in [6.45, 7) is 1.20. The number of hydrogen-bond acceptors (Lipinski definition) is 4.